The van der Waals surface area contributed by atoms with Gasteiger partial charge in [-0.1, -0.05) is 5.16 Å². The molecule has 0 atom stereocenters. The lowest BCUT2D eigenvalue weighted by Crippen LogP contribution is -2.27. The molecule has 0 aliphatic carbocycles. The summed E-state index contributed by atoms with van der Waals surface area (Å²) in [6.07, 6.45) is 5.00. The molecule has 0 aromatic carbocycles. The van der Waals surface area contributed by atoms with E-state index in [1.165, 1.54) is 0 Å². The van der Waals surface area contributed by atoms with Gasteiger partial charge >= 0.3 is 0 Å². The van der Waals surface area contributed by atoms with E-state index in [0.717, 1.165) is 35.3 Å². The van der Waals surface area contributed by atoms with E-state index in [2.05, 4.69) is 26.1 Å². The molecule has 0 bridgehead atoms. The average molecular weight is 312 g/mol. The fraction of sp³-hybridized carbons (Fsp3) is 0.353. The number of rotatable bonds is 6. The number of carbonyl (C=O) groups excluding carboxylic acids is 1. The second-order valence-electron chi connectivity index (χ2n) is 5.61. The molecular weight excluding hydrogens is 292 g/mol. The molecule has 6 nitrogen and oxygen atoms in total. The molecule has 3 heterocycles. The fourth-order valence-electron chi connectivity index (χ4n) is 2.66. The van der Waals surface area contributed by atoms with E-state index in [9.17, 15) is 4.79 Å². The Hall–Kier alpha value is -2.63. The van der Waals surface area contributed by atoms with Crippen molar-refractivity contribution in [2.24, 2.45) is 0 Å². The van der Waals surface area contributed by atoms with Crippen LogP contribution in [-0.2, 0) is 17.8 Å². The standard InChI is InChI=1S/C17H20N4O2/c1-12-15(13(2)23-20-12)11-16(22)18-8-4-9-21-10-6-14-5-3-7-19-17(14)21/h3,5-7,10H,4,8-9,11H2,1-2H3,(H,18,22). The molecule has 0 fully saturated rings. The molecule has 3 rings (SSSR count). The third-order valence-corrected chi connectivity index (χ3v) is 3.94. The average Bonchev–Trinajstić information content (AvgIpc) is 3.10. The van der Waals surface area contributed by atoms with Gasteiger partial charge in [0.05, 0.1) is 12.1 Å². The van der Waals surface area contributed by atoms with E-state index < -0.39 is 0 Å². The zero-order chi connectivity index (χ0) is 16.2. The van der Waals surface area contributed by atoms with Crippen molar-refractivity contribution in [2.45, 2.75) is 33.2 Å². The molecular formula is C17H20N4O2. The molecule has 23 heavy (non-hydrogen) atoms. The van der Waals surface area contributed by atoms with Crippen LogP contribution in [0.2, 0.25) is 0 Å². The Morgan fingerprint density at radius 3 is 3.00 bits per heavy atom. The van der Waals surface area contributed by atoms with Gasteiger partial charge < -0.3 is 14.4 Å². The molecule has 0 radical (unpaired) electrons. The summed E-state index contributed by atoms with van der Waals surface area (Å²) in [7, 11) is 0. The number of aromatic nitrogens is 3. The summed E-state index contributed by atoms with van der Waals surface area (Å²) in [6, 6.07) is 6.03. The monoisotopic (exact) mass is 312 g/mol. The third kappa shape index (κ3) is 3.41. The van der Waals surface area contributed by atoms with E-state index >= 15 is 0 Å². The first kappa shape index (κ1) is 15.3. The van der Waals surface area contributed by atoms with Gasteiger partial charge in [0.2, 0.25) is 5.91 Å². The summed E-state index contributed by atoms with van der Waals surface area (Å²) < 4.78 is 7.18. The second kappa shape index (κ2) is 6.64. The Balaban J connectivity index is 1.47. The van der Waals surface area contributed by atoms with Crippen molar-refractivity contribution in [3.63, 3.8) is 0 Å². The first-order chi connectivity index (χ1) is 11.1. The lowest BCUT2D eigenvalue weighted by atomic mass is 10.1. The molecule has 0 unspecified atom stereocenters. The molecule has 6 heteroatoms. The van der Waals surface area contributed by atoms with Crippen LogP contribution < -0.4 is 5.32 Å². The highest BCUT2D eigenvalue weighted by Crippen LogP contribution is 2.13. The minimum Gasteiger partial charge on any atom is -0.361 e. The van der Waals surface area contributed by atoms with Crippen molar-refractivity contribution in [2.75, 3.05) is 6.54 Å². The molecule has 0 aliphatic rings. The molecule has 0 saturated heterocycles. The maximum absolute atomic E-state index is 12.0. The Morgan fingerprint density at radius 2 is 2.22 bits per heavy atom. The van der Waals surface area contributed by atoms with E-state index in [1.54, 1.807) is 6.20 Å². The fourth-order valence-corrected chi connectivity index (χ4v) is 2.66. The third-order valence-electron chi connectivity index (χ3n) is 3.94. The number of aryl methyl sites for hydroxylation is 3. The smallest absolute Gasteiger partial charge is 0.224 e. The van der Waals surface area contributed by atoms with Crippen LogP contribution in [0.1, 0.15) is 23.4 Å². The van der Waals surface area contributed by atoms with Gasteiger partial charge in [0, 0.05) is 36.4 Å². The number of hydrogen-bond acceptors (Lipinski definition) is 4. The number of nitrogens with zero attached hydrogens (tertiary/aromatic N) is 3. The number of amides is 1. The summed E-state index contributed by atoms with van der Waals surface area (Å²) in [5.41, 5.74) is 2.64. The summed E-state index contributed by atoms with van der Waals surface area (Å²) in [5, 5.41) is 7.94. The number of nitrogens with one attached hydrogen (secondary N) is 1. The highest BCUT2D eigenvalue weighted by molar-refractivity contribution is 5.79. The van der Waals surface area contributed by atoms with Gasteiger partial charge in [0.15, 0.2) is 0 Å². The van der Waals surface area contributed by atoms with Gasteiger partial charge in [0.1, 0.15) is 11.4 Å². The zero-order valence-electron chi connectivity index (χ0n) is 13.4. The van der Waals surface area contributed by atoms with E-state index in [1.807, 2.05) is 32.2 Å². The topological polar surface area (TPSA) is 73.0 Å². The lowest BCUT2D eigenvalue weighted by Gasteiger charge is -2.07. The van der Waals surface area contributed by atoms with Crippen LogP contribution in [0.25, 0.3) is 11.0 Å². The highest BCUT2D eigenvalue weighted by atomic mass is 16.5. The van der Waals surface area contributed by atoms with Crippen LogP contribution in [-0.4, -0.2) is 27.2 Å². The van der Waals surface area contributed by atoms with Gasteiger partial charge in [-0.15, -0.1) is 0 Å². The summed E-state index contributed by atoms with van der Waals surface area (Å²) in [4.78, 5) is 16.4. The minimum absolute atomic E-state index is 0.00473. The van der Waals surface area contributed by atoms with Crippen LogP contribution in [0.3, 0.4) is 0 Å². The number of fused-ring (bicyclic) bond motifs is 1. The first-order valence-electron chi connectivity index (χ1n) is 7.73. The molecule has 0 aliphatic heterocycles. The van der Waals surface area contributed by atoms with Crippen LogP contribution in [0.4, 0.5) is 0 Å². The zero-order valence-corrected chi connectivity index (χ0v) is 13.4. The largest absolute Gasteiger partial charge is 0.361 e. The van der Waals surface area contributed by atoms with E-state index in [4.69, 9.17) is 4.52 Å². The summed E-state index contributed by atoms with van der Waals surface area (Å²) in [6.45, 7) is 5.14. The molecule has 1 amide bonds. The van der Waals surface area contributed by atoms with E-state index in [-0.39, 0.29) is 5.91 Å². The maximum Gasteiger partial charge on any atom is 0.224 e. The van der Waals surface area contributed by atoms with Crippen LogP contribution in [0, 0.1) is 13.8 Å². The van der Waals surface area contributed by atoms with Crippen molar-refractivity contribution in [3.8, 4) is 0 Å². The Labute approximate surface area is 134 Å². The van der Waals surface area contributed by atoms with Gasteiger partial charge in [-0.25, -0.2) is 4.98 Å². The van der Waals surface area contributed by atoms with Gasteiger partial charge in [-0.05, 0) is 38.5 Å². The van der Waals surface area contributed by atoms with Crippen LogP contribution in [0.5, 0.6) is 0 Å². The SMILES string of the molecule is Cc1noc(C)c1CC(=O)NCCCn1ccc2cccnc21. The Kier molecular flexibility index (Phi) is 4.41. The highest BCUT2D eigenvalue weighted by Gasteiger charge is 2.12. The normalized spacial score (nSPS) is 11.0. The van der Waals surface area contributed by atoms with Crippen molar-refractivity contribution < 1.29 is 9.32 Å². The maximum atomic E-state index is 12.0. The molecule has 0 saturated carbocycles. The molecule has 0 spiro atoms. The first-order valence-corrected chi connectivity index (χ1v) is 7.73. The Morgan fingerprint density at radius 1 is 1.35 bits per heavy atom. The van der Waals surface area contributed by atoms with Crippen molar-refractivity contribution in [3.05, 3.63) is 47.6 Å². The molecule has 3 aromatic heterocycles. The summed E-state index contributed by atoms with van der Waals surface area (Å²) in [5.74, 6) is 0.706. The van der Waals surface area contributed by atoms with Gasteiger partial charge in [-0.3, -0.25) is 4.79 Å². The molecule has 120 valence electrons. The molecule has 3 aromatic rings. The van der Waals surface area contributed by atoms with Crippen molar-refractivity contribution in [1.29, 1.82) is 0 Å². The Bertz CT molecular complexity index is 799. The minimum atomic E-state index is -0.00473. The predicted octanol–water partition coefficient (Wildman–Crippen LogP) is 2.39. The van der Waals surface area contributed by atoms with Crippen LogP contribution >= 0.6 is 0 Å². The van der Waals surface area contributed by atoms with E-state index in [0.29, 0.717) is 18.7 Å². The number of pyridine rings is 1. The summed E-state index contributed by atoms with van der Waals surface area (Å²) >= 11 is 0. The lowest BCUT2D eigenvalue weighted by molar-refractivity contribution is -0.120. The van der Waals surface area contributed by atoms with Crippen molar-refractivity contribution >= 4 is 16.9 Å². The number of carbonyl (C=O) groups is 1. The van der Waals surface area contributed by atoms with Crippen LogP contribution in [0.15, 0.2) is 35.1 Å². The van der Waals surface area contributed by atoms with Gasteiger partial charge in [0.25, 0.3) is 0 Å². The second-order valence-corrected chi connectivity index (χ2v) is 5.61. The quantitative estimate of drug-likeness (QED) is 0.709. The predicted molar refractivity (Wildman–Crippen MR) is 87.0 cm³/mol. The van der Waals surface area contributed by atoms with Crippen molar-refractivity contribution in [1.82, 2.24) is 20.0 Å². The molecule has 1 N–H and O–H groups in total. The number of hydrogen-bond donors (Lipinski definition) is 1. The van der Waals surface area contributed by atoms with Gasteiger partial charge in [-0.2, -0.15) is 0 Å².